The predicted octanol–water partition coefficient (Wildman–Crippen LogP) is 7.05. The Labute approximate surface area is 302 Å². The number of nitro benzene ring substituents is 1. The van der Waals surface area contributed by atoms with Gasteiger partial charge in [-0.25, -0.2) is 9.19 Å². The minimum atomic E-state index is -4.41. The number of hydrogen-bond acceptors (Lipinski definition) is 11. The van der Waals surface area contributed by atoms with Crippen LogP contribution in [0.15, 0.2) is 28.9 Å². The standard InChI is InChI=1S/C35H61N6O9P/c1-5-6-7-8-9-10-11-12-13-14-15-16-18-21-32(42)30(28-49-51(46,47)48-27-26-41(2,3)4)37-33(43)22-19-17-20-25-36-29-23-24-31(40(44)45)35-34(29)38-50-39-35/h18,21,23-24,30,32,42H,5-17,19-20,22,25-28H2,1-4H3,(H2-,36,37,39,43,46,47)/p+1/b21-18+. The molecular formula is C35H62N6O9P+. The molecule has 2 aromatic rings. The predicted molar refractivity (Wildman–Crippen MR) is 198 cm³/mol. The quantitative estimate of drug-likeness (QED) is 0.0159. The molecule has 3 unspecified atom stereocenters. The fourth-order valence-corrected chi connectivity index (χ4v) is 6.13. The summed E-state index contributed by atoms with van der Waals surface area (Å²) in [6, 6.07) is 1.95. The zero-order chi connectivity index (χ0) is 37.5. The van der Waals surface area contributed by atoms with Gasteiger partial charge in [-0.05, 0) is 42.1 Å². The Morgan fingerprint density at radius 3 is 2.25 bits per heavy atom. The lowest BCUT2D eigenvalue weighted by molar-refractivity contribution is -0.870. The molecule has 0 saturated heterocycles. The number of likely N-dealkylation sites (N-methyl/N-ethyl adjacent to an activating group) is 1. The number of anilines is 1. The molecule has 1 amide bonds. The lowest BCUT2D eigenvalue weighted by atomic mass is 10.0. The van der Waals surface area contributed by atoms with E-state index in [2.05, 4.69) is 32.5 Å². The molecule has 3 atom stereocenters. The first kappa shape index (κ1) is 44.2. The molecule has 4 N–H and O–H groups in total. The summed E-state index contributed by atoms with van der Waals surface area (Å²) in [4.78, 5) is 33.7. The van der Waals surface area contributed by atoms with Crippen LogP contribution in [0.5, 0.6) is 0 Å². The molecule has 0 aliphatic rings. The highest BCUT2D eigenvalue weighted by Crippen LogP contribution is 2.43. The van der Waals surface area contributed by atoms with Crippen molar-refractivity contribution in [2.75, 3.05) is 52.8 Å². The number of unbranched alkanes of at least 4 members (excludes halogenated alkanes) is 13. The molecule has 0 radical (unpaired) electrons. The Morgan fingerprint density at radius 2 is 1.61 bits per heavy atom. The van der Waals surface area contributed by atoms with E-state index >= 15 is 0 Å². The van der Waals surface area contributed by atoms with Crippen LogP contribution in [0.25, 0.3) is 11.0 Å². The van der Waals surface area contributed by atoms with Crippen LogP contribution >= 0.6 is 7.82 Å². The number of phosphoric acid groups is 1. The zero-order valence-electron chi connectivity index (χ0n) is 31.1. The van der Waals surface area contributed by atoms with E-state index in [0.29, 0.717) is 42.5 Å². The number of carbonyl (C=O) groups is 1. The zero-order valence-corrected chi connectivity index (χ0v) is 32.0. The highest BCUT2D eigenvalue weighted by molar-refractivity contribution is 7.47. The first-order valence-electron chi connectivity index (χ1n) is 18.5. The number of hydrogen-bond donors (Lipinski definition) is 4. The van der Waals surface area contributed by atoms with Gasteiger partial charge < -0.3 is 25.1 Å². The van der Waals surface area contributed by atoms with Crippen LogP contribution in [0.1, 0.15) is 110 Å². The number of allylic oxidation sites excluding steroid dienone is 1. The van der Waals surface area contributed by atoms with Crippen molar-refractivity contribution in [1.82, 2.24) is 15.6 Å². The maximum Gasteiger partial charge on any atom is 0.472 e. The number of aliphatic hydroxyl groups is 1. The smallest absolute Gasteiger partial charge is 0.387 e. The number of quaternary nitrogens is 1. The summed E-state index contributed by atoms with van der Waals surface area (Å²) in [5.74, 6) is -0.321. The van der Waals surface area contributed by atoms with Crippen molar-refractivity contribution in [3.63, 3.8) is 0 Å². The van der Waals surface area contributed by atoms with Crippen LogP contribution in [0.2, 0.25) is 0 Å². The lowest BCUT2D eigenvalue weighted by Gasteiger charge is -2.25. The van der Waals surface area contributed by atoms with Crippen LogP contribution in [-0.4, -0.2) is 95.2 Å². The Hall–Kier alpha value is -2.94. The number of aliphatic hydroxyl groups excluding tert-OH is 1. The van der Waals surface area contributed by atoms with E-state index in [4.69, 9.17) is 9.05 Å². The molecule has 0 saturated carbocycles. The number of rotatable bonds is 30. The molecule has 0 aliphatic heterocycles. The van der Waals surface area contributed by atoms with Gasteiger partial charge >= 0.3 is 13.5 Å². The Morgan fingerprint density at radius 1 is 0.980 bits per heavy atom. The van der Waals surface area contributed by atoms with E-state index in [1.165, 1.54) is 63.9 Å². The molecule has 0 fully saturated rings. The number of nitrogens with zero attached hydrogens (tertiary/aromatic N) is 4. The molecule has 51 heavy (non-hydrogen) atoms. The van der Waals surface area contributed by atoms with E-state index in [0.717, 1.165) is 19.3 Å². The van der Waals surface area contributed by atoms with Gasteiger partial charge in [0.05, 0.1) is 50.5 Å². The average Bonchev–Trinajstić information content (AvgIpc) is 3.56. The molecular weight excluding hydrogens is 679 g/mol. The van der Waals surface area contributed by atoms with E-state index in [9.17, 15) is 29.5 Å². The first-order chi connectivity index (χ1) is 24.3. The fraction of sp³-hybridized carbons (Fsp3) is 0.743. The van der Waals surface area contributed by atoms with Crippen molar-refractivity contribution in [3.05, 3.63) is 34.4 Å². The van der Waals surface area contributed by atoms with Gasteiger partial charge in [0.15, 0.2) is 5.52 Å². The van der Waals surface area contributed by atoms with Gasteiger partial charge in [0, 0.05) is 19.0 Å². The van der Waals surface area contributed by atoms with Crippen LogP contribution < -0.4 is 10.6 Å². The summed E-state index contributed by atoms with van der Waals surface area (Å²) in [5, 5.41) is 35.4. The summed E-state index contributed by atoms with van der Waals surface area (Å²) in [7, 11) is 1.39. The van der Waals surface area contributed by atoms with Crippen molar-refractivity contribution >= 4 is 36.1 Å². The maximum absolute atomic E-state index is 12.8. The third kappa shape index (κ3) is 19.5. The normalized spacial score (nSPS) is 14.5. The number of aromatic nitrogens is 2. The number of amides is 1. The van der Waals surface area contributed by atoms with E-state index in [-0.39, 0.29) is 35.7 Å². The summed E-state index contributed by atoms with van der Waals surface area (Å²) in [6.45, 7) is 2.86. The van der Waals surface area contributed by atoms with Crippen molar-refractivity contribution in [1.29, 1.82) is 0 Å². The number of nitro groups is 1. The Balaban J connectivity index is 1.78. The van der Waals surface area contributed by atoms with Crippen molar-refractivity contribution in [2.24, 2.45) is 0 Å². The Bertz CT molecular complexity index is 1370. The average molecular weight is 742 g/mol. The third-order valence-electron chi connectivity index (χ3n) is 8.49. The lowest BCUT2D eigenvalue weighted by Crippen LogP contribution is -2.45. The molecule has 15 nitrogen and oxygen atoms in total. The highest BCUT2D eigenvalue weighted by atomic mass is 31.2. The second kappa shape index (κ2) is 24.3. The van der Waals surface area contributed by atoms with Crippen LogP contribution in [-0.2, 0) is 18.4 Å². The van der Waals surface area contributed by atoms with Gasteiger partial charge in [-0.15, -0.1) is 0 Å². The highest BCUT2D eigenvalue weighted by Gasteiger charge is 2.28. The van der Waals surface area contributed by atoms with Gasteiger partial charge in [-0.2, -0.15) is 0 Å². The third-order valence-corrected chi connectivity index (χ3v) is 9.47. The molecule has 0 spiro atoms. The number of non-ortho nitro benzene ring substituents is 1. The van der Waals surface area contributed by atoms with E-state index in [1.807, 2.05) is 27.2 Å². The molecule has 16 heteroatoms. The van der Waals surface area contributed by atoms with Crippen molar-refractivity contribution in [3.8, 4) is 0 Å². The number of benzene rings is 1. The molecule has 0 aliphatic carbocycles. The van der Waals surface area contributed by atoms with Crippen molar-refractivity contribution in [2.45, 2.75) is 122 Å². The van der Waals surface area contributed by atoms with Crippen molar-refractivity contribution < 1.29 is 42.4 Å². The Kier molecular flexibility index (Phi) is 21.1. The topological polar surface area (TPSA) is 199 Å². The second-order valence-corrected chi connectivity index (χ2v) is 15.6. The van der Waals surface area contributed by atoms with Crippen LogP contribution in [0, 0.1) is 10.1 Å². The minimum absolute atomic E-state index is 0.00905. The van der Waals surface area contributed by atoms with E-state index in [1.54, 1.807) is 12.1 Å². The number of nitrogens with one attached hydrogen (secondary N) is 2. The molecule has 2 rings (SSSR count). The maximum atomic E-state index is 12.8. The molecule has 290 valence electrons. The summed E-state index contributed by atoms with van der Waals surface area (Å²) < 4.78 is 28.1. The summed E-state index contributed by atoms with van der Waals surface area (Å²) in [6.07, 6.45) is 19.0. The SMILES string of the molecule is CCCCCCCCCCCCC/C=C/C(O)C(COP(=O)(O)OCC[N+](C)(C)C)NC(=O)CCCCCNc1ccc([N+](=O)[O-])c2nonc12. The van der Waals surface area contributed by atoms with Crippen LogP contribution in [0.3, 0.4) is 0 Å². The number of phosphoric ester groups is 1. The van der Waals surface area contributed by atoms with E-state index < -0.39 is 31.5 Å². The molecule has 1 aromatic carbocycles. The van der Waals surface area contributed by atoms with Gasteiger partial charge in [0.1, 0.15) is 13.2 Å². The first-order valence-corrected chi connectivity index (χ1v) is 20.0. The monoisotopic (exact) mass is 741 g/mol. The second-order valence-electron chi connectivity index (χ2n) is 14.1. The van der Waals surface area contributed by atoms with Gasteiger partial charge in [-0.3, -0.25) is 24.0 Å². The van der Waals surface area contributed by atoms with Gasteiger partial charge in [0.25, 0.3) is 0 Å². The fourth-order valence-electron chi connectivity index (χ4n) is 5.40. The number of carbonyl (C=O) groups excluding carboxylic acids is 1. The summed E-state index contributed by atoms with van der Waals surface area (Å²) >= 11 is 0. The van der Waals surface area contributed by atoms with Gasteiger partial charge in [-0.1, -0.05) is 89.7 Å². The molecule has 1 aromatic heterocycles. The molecule has 0 bridgehead atoms. The number of fused-ring (bicyclic) bond motifs is 1. The molecule has 1 heterocycles. The van der Waals surface area contributed by atoms with Gasteiger partial charge in [0.2, 0.25) is 11.4 Å². The largest absolute Gasteiger partial charge is 0.472 e. The van der Waals surface area contributed by atoms with Crippen LogP contribution in [0.4, 0.5) is 11.4 Å². The summed E-state index contributed by atoms with van der Waals surface area (Å²) in [5.41, 5.74) is 0.713. The minimum Gasteiger partial charge on any atom is -0.387 e.